The van der Waals surface area contributed by atoms with Gasteiger partial charge in [-0.3, -0.25) is 5.41 Å². The SMILES string of the molecule is CN1N=NC(c2ccccc2)C(O)C1=N. The van der Waals surface area contributed by atoms with E-state index in [-0.39, 0.29) is 5.84 Å². The molecule has 0 aromatic heterocycles. The fraction of sp³-hybridized carbons (Fsp3) is 0.300. The van der Waals surface area contributed by atoms with Crippen LogP contribution in [-0.4, -0.2) is 29.1 Å². The summed E-state index contributed by atoms with van der Waals surface area (Å²) >= 11 is 0. The van der Waals surface area contributed by atoms with Gasteiger partial charge >= 0.3 is 0 Å². The van der Waals surface area contributed by atoms with Gasteiger partial charge in [-0.25, -0.2) is 5.01 Å². The summed E-state index contributed by atoms with van der Waals surface area (Å²) in [7, 11) is 1.59. The standard InChI is InChI=1S/C10H12N4O/c1-14-10(11)9(15)8(12-13-14)7-5-3-2-4-6-7/h2-6,8-9,11,15H,1H3. The van der Waals surface area contributed by atoms with E-state index in [4.69, 9.17) is 5.41 Å². The highest BCUT2D eigenvalue weighted by atomic mass is 16.3. The quantitative estimate of drug-likeness (QED) is 0.725. The zero-order chi connectivity index (χ0) is 10.8. The van der Waals surface area contributed by atoms with Gasteiger partial charge in [0.05, 0.1) is 0 Å². The van der Waals surface area contributed by atoms with Crippen LogP contribution < -0.4 is 0 Å². The molecule has 1 aliphatic heterocycles. The number of benzene rings is 1. The molecule has 5 heteroatoms. The van der Waals surface area contributed by atoms with Gasteiger partial charge in [0.15, 0.2) is 0 Å². The Morgan fingerprint density at radius 2 is 2.00 bits per heavy atom. The molecule has 0 amide bonds. The van der Waals surface area contributed by atoms with Gasteiger partial charge in [-0.2, -0.15) is 5.11 Å². The summed E-state index contributed by atoms with van der Waals surface area (Å²) in [6, 6.07) is 8.92. The number of nitrogens with zero attached hydrogens (tertiary/aromatic N) is 3. The molecule has 0 fully saturated rings. The molecule has 78 valence electrons. The van der Waals surface area contributed by atoms with Crippen LogP contribution in [0.1, 0.15) is 11.6 Å². The number of hydrogen-bond donors (Lipinski definition) is 2. The van der Waals surface area contributed by atoms with Crippen molar-refractivity contribution in [1.29, 1.82) is 5.41 Å². The highest BCUT2D eigenvalue weighted by molar-refractivity contribution is 5.84. The largest absolute Gasteiger partial charge is 0.382 e. The minimum Gasteiger partial charge on any atom is -0.382 e. The van der Waals surface area contributed by atoms with Crippen molar-refractivity contribution in [1.82, 2.24) is 5.01 Å². The molecule has 0 saturated carbocycles. The number of rotatable bonds is 1. The molecule has 0 radical (unpaired) electrons. The monoisotopic (exact) mass is 204 g/mol. The van der Waals surface area contributed by atoms with Gasteiger partial charge in [0.2, 0.25) is 0 Å². The average molecular weight is 204 g/mol. The van der Waals surface area contributed by atoms with Crippen LogP contribution in [0, 0.1) is 5.41 Å². The molecule has 2 unspecified atom stereocenters. The molecule has 2 atom stereocenters. The fourth-order valence-electron chi connectivity index (χ4n) is 1.48. The van der Waals surface area contributed by atoms with Gasteiger partial charge in [0.1, 0.15) is 18.0 Å². The second-order valence-corrected chi connectivity index (χ2v) is 3.41. The predicted octanol–water partition coefficient (Wildman–Crippen LogP) is 1.38. The van der Waals surface area contributed by atoms with E-state index in [1.54, 1.807) is 7.05 Å². The molecule has 0 saturated heterocycles. The van der Waals surface area contributed by atoms with Crippen molar-refractivity contribution in [3.8, 4) is 0 Å². The molecule has 2 rings (SSSR count). The highest BCUT2D eigenvalue weighted by Gasteiger charge is 2.30. The molecular weight excluding hydrogens is 192 g/mol. The van der Waals surface area contributed by atoms with E-state index < -0.39 is 12.1 Å². The average Bonchev–Trinajstić information content (AvgIpc) is 2.27. The Labute approximate surface area is 87.5 Å². The Bertz CT molecular complexity index is 390. The molecule has 5 nitrogen and oxygen atoms in total. The maximum Gasteiger partial charge on any atom is 0.150 e. The van der Waals surface area contributed by atoms with Crippen molar-refractivity contribution >= 4 is 5.84 Å². The van der Waals surface area contributed by atoms with Gasteiger partial charge in [0.25, 0.3) is 0 Å². The first-order chi connectivity index (χ1) is 7.20. The molecule has 15 heavy (non-hydrogen) atoms. The van der Waals surface area contributed by atoms with Gasteiger partial charge in [-0.05, 0) is 5.56 Å². The van der Waals surface area contributed by atoms with Crippen LogP contribution >= 0.6 is 0 Å². The molecular formula is C10H12N4O. The van der Waals surface area contributed by atoms with Crippen LogP contribution in [0.15, 0.2) is 40.7 Å². The summed E-state index contributed by atoms with van der Waals surface area (Å²) in [5, 5.41) is 26.5. The Morgan fingerprint density at radius 1 is 1.33 bits per heavy atom. The number of nitrogens with one attached hydrogen (secondary N) is 1. The van der Waals surface area contributed by atoms with Crippen LogP contribution in [0.5, 0.6) is 0 Å². The fourth-order valence-corrected chi connectivity index (χ4v) is 1.48. The van der Waals surface area contributed by atoms with Crippen LogP contribution in [0.3, 0.4) is 0 Å². The van der Waals surface area contributed by atoms with Crippen molar-refractivity contribution in [3.63, 3.8) is 0 Å². The Hall–Kier alpha value is -1.75. The van der Waals surface area contributed by atoms with E-state index in [1.165, 1.54) is 5.01 Å². The third-order valence-corrected chi connectivity index (χ3v) is 2.38. The van der Waals surface area contributed by atoms with Crippen molar-refractivity contribution in [2.24, 2.45) is 10.3 Å². The van der Waals surface area contributed by atoms with Gasteiger partial charge in [-0.15, -0.1) is 0 Å². The summed E-state index contributed by atoms with van der Waals surface area (Å²) in [6.45, 7) is 0. The second kappa shape index (κ2) is 3.78. The minimum atomic E-state index is -0.921. The third kappa shape index (κ3) is 1.73. The molecule has 1 aromatic rings. The lowest BCUT2D eigenvalue weighted by molar-refractivity contribution is 0.169. The van der Waals surface area contributed by atoms with Crippen molar-refractivity contribution in [3.05, 3.63) is 35.9 Å². The lowest BCUT2D eigenvalue weighted by Crippen LogP contribution is -2.39. The molecule has 0 aliphatic carbocycles. The maximum atomic E-state index is 9.84. The first-order valence-corrected chi connectivity index (χ1v) is 4.66. The number of hydrogen-bond acceptors (Lipinski definition) is 4. The molecule has 0 spiro atoms. The molecule has 1 aliphatic rings. The Morgan fingerprint density at radius 3 is 2.67 bits per heavy atom. The van der Waals surface area contributed by atoms with Crippen LogP contribution in [0.2, 0.25) is 0 Å². The van der Waals surface area contributed by atoms with Crippen molar-refractivity contribution < 1.29 is 5.11 Å². The summed E-state index contributed by atoms with van der Waals surface area (Å²) in [5.74, 6) is 0.0684. The highest BCUT2D eigenvalue weighted by Crippen LogP contribution is 2.26. The first kappa shape index (κ1) is 9.79. The molecule has 0 bridgehead atoms. The summed E-state index contributed by atoms with van der Waals surface area (Å²) in [4.78, 5) is 0. The van der Waals surface area contributed by atoms with E-state index in [9.17, 15) is 5.11 Å². The molecule has 1 heterocycles. The third-order valence-electron chi connectivity index (χ3n) is 2.38. The van der Waals surface area contributed by atoms with E-state index >= 15 is 0 Å². The van der Waals surface area contributed by atoms with E-state index in [2.05, 4.69) is 10.3 Å². The van der Waals surface area contributed by atoms with Gasteiger partial charge < -0.3 is 5.11 Å². The summed E-state index contributed by atoms with van der Waals surface area (Å²) in [5.41, 5.74) is 0.867. The lowest BCUT2D eigenvalue weighted by atomic mass is 10.0. The van der Waals surface area contributed by atoms with Crippen LogP contribution in [0.4, 0.5) is 0 Å². The van der Waals surface area contributed by atoms with Crippen molar-refractivity contribution in [2.75, 3.05) is 7.05 Å². The topological polar surface area (TPSA) is 72.0 Å². The lowest BCUT2D eigenvalue weighted by Gasteiger charge is -2.27. The molecule has 1 aromatic carbocycles. The smallest absolute Gasteiger partial charge is 0.150 e. The van der Waals surface area contributed by atoms with E-state index in [0.29, 0.717) is 0 Å². The number of likely N-dealkylation sites (N-methyl/N-ethyl adjacent to an activating group) is 1. The normalized spacial score (nSPS) is 25.7. The first-order valence-electron chi connectivity index (χ1n) is 4.66. The molecule has 2 N–H and O–H groups in total. The van der Waals surface area contributed by atoms with Crippen molar-refractivity contribution in [2.45, 2.75) is 12.1 Å². The minimum absolute atomic E-state index is 0.0684. The summed E-state index contributed by atoms with van der Waals surface area (Å²) < 4.78 is 0. The second-order valence-electron chi connectivity index (χ2n) is 3.41. The van der Waals surface area contributed by atoms with E-state index in [0.717, 1.165) is 5.56 Å². The van der Waals surface area contributed by atoms with Crippen LogP contribution in [0.25, 0.3) is 0 Å². The number of amidine groups is 1. The number of aliphatic hydroxyl groups excluding tert-OH is 1. The predicted molar refractivity (Wildman–Crippen MR) is 55.5 cm³/mol. The van der Waals surface area contributed by atoms with Gasteiger partial charge in [0, 0.05) is 7.05 Å². The maximum absolute atomic E-state index is 9.84. The number of aliphatic hydroxyl groups is 1. The zero-order valence-corrected chi connectivity index (χ0v) is 8.33. The Balaban J connectivity index is 2.32. The van der Waals surface area contributed by atoms with Gasteiger partial charge in [-0.1, -0.05) is 35.6 Å². The zero-order valence-electron chi connectivity index (χ0n) is 8.33. The summed E-state index contributed by atoms with van der Waals surface area (Å²) in [6.07, 6.45) is -0.921. The van der Waals surface area contributed by atoms with E-state index in [1.807, 2.05) is 30.3 Å². The Kier molecular flexibility index (Phi) is 2.47. The van der Waals surface area contributed by atoms with Crippen LogP contribution in [-0.2, 0) is 0 Å².